The Kier molecular flexibility index (Phi) is 16.3. The number of benzene rings is 2. The van der Waals surface area contributed by atoms with Gasteiger partial charge in [-0.25, -0.2) is 13.1 Å². The quantitative estimate of drug-likeness (QED) is 0.0734. The van der Waals surface area contributed by atoms with Gasteiger partial charge in [0.1, 0.15) is 35.0 Å². The molecule has 2 fully saturated rings. The van der Waals surface area contributed by atoms with Gasteiger partial charge in [-0.3, -0.25) is 33.8 Å². The van der Waals surface area contributed by atoms with E-state index in [0.29, 0.717) is 40.8 Å². The topological polar surface area (TPSA) is 266 Å². The molecule has 334 valence electrons. The van der Waals surface area contributed by atoms with Gasteiger partial charge >= 0.3 is 5.97 Å². The van der Waals surface area contributed by atoms with E-state index in [1.54, 1.807) is 77.9 Å². The molecule has 18 nitrogen and oxygen atoms in total. The molecule has 1 aliphatic carbocycles. The van der Waals surface area contributed by atoms with Crippen molar-refractivity contribution in [3.8, 4) is 5.75 Å². The molecule has 0 aromatic heterocycles. The number of nitrogens with one attached hydrogen (secondary N) is 6. The first kappa shape index (κ1) is 48.0. The highest BCUT2D eigenvalue weighted by atomic mass is 32.2. The normalized spacial score (nSPS) is 20.8. The van der Waals surface area contributed by atoms with Crippen LogP contribution in [-0.4, -0.2) is 99.3 Å². The van der Waals surface area contributed by atoms with E-state index in [4.69, 9.17) is 15.2 Å². The van der Waals surface area contributed by atoms with Crippen molar-refractivity contribution in [2.75, 3.05) is 20.2 Å². The summed E-state index contributed by atoms with van der Waals surface area (Å²) in [6, 6.07) is 6.55. The smallest absolute Gasteiger partial charge is 0.308 e. The van der Waals surface area contributed by atoms with Gasteiger partial charge in [0, 0.05) is 13.0 Å². The summed E-state index contributed by atoms with van der Waals surface area (Å²) in [6.45, 7) is 9.30. The molecule has 4 rings (SSSR count). The van der Waals surface area contributed by atoms with E-state index in [9.17, 15) is 37.2 Å². The Bertz CT molecular complexity index is 2100. The molecule has 0 radical (unpaired) electrons. The van der Waals surface area contributed by atoms with Gasteiger partial charge < -0.3 is 41.8 Å². The molecular formula is C42H60N8O10S. The van der Waals surface area contributed by atoms with Crippen molar-refractivity contribution in [1.29, 1.82) is 0 Å². The molecule has 1 spiro atoms. The molecule has 0 unspecified atom stereocenters. The van der Waals surface area contributed by atoms with Gasteiger partial charge in [-0.2, -0.15) is 0 Å². The van der Waals surface area contributed by atoms with Gasteiger partial charge in [-0.15, -0.1) is 0 Å². The molecule has 5 amide bonds. The minimum atomic E-state index is -4.15. The first-order chi connectivity index (χ1) is 28.6. The minimum absolute atomic E-state index is 0.0185. The first-order valence-electron chi connectivity index (χ1n) is 20.4. The lowest BCUT2D eigenvalue weighted by molar-refractivity contribution is -0.156. The Balaban J connectivity index is 1.60. The van der Waals surface area contributed by atoms with E-state index in [1.807, 2.05) is 0 Å². The number of methoxy groups -OCH3 is 1. The largest absolute Gasteiger partial charge is 0.496 e. The van der Waals surface area contributed by atoms with E-state index in [2.05, 4.69) is 36.3 Å². The van der Waals surface area contributed by atoms with Crippen LogP contribution < -0.4 is 41.8 Å². The number of rotatable bonds is 11. The summed E-state index contributed by atoms with van der Waals surface area (Å²) in [4.78, 5) is 86.5. The summed E-state index contributed by atoms with van der Waals surface area (Å²) in [5, 5.41) is 13.4. The van der Waals surface area contributed by atoms with E-state index < -0.39 is 93.7 Å². The van der Waals surface area contributed by atoms with Gasteiger partial charge in [0.25, 0.3) is 10.0 Å². The van der Waals surface area contributed by atoms with Crippen molar-refractivity contribution in [1.82, 2.24) is 31.3 Å². The summed E-state index contributed by atoms with van der Waals surface area (Å²) in [6.07, 6.45) is 2.03. The Morgan fingerprint density at radius 1 is 0.902 bits per heavy atom. The second kappa shape index (κ2) is 20.7. The number of ether oxygens (including phenoxy) is 2. The molecule has 2 aromatic rings. The van der Waals surface area contributed by atoms with E-state index >= 15 is 0 Å². The van der Waals surface area contributed by atoms with Crippen LogP contribution in [0.25, 0.3) is 0 Å². The first-order valence-corrected chi connectivity index (χ1v) is 21.9. The third-order valence-corrected chi connectivity index (χ3v) is 12.2. The van der Waals surface area contributed by atoms with Gasteiger partial charge in [0.2, 0.25) is 35.5 Å². The van der Waals surface area contributed by atoms with E-state index in [0.717, 1.165) is 6.42 Å². The SMILES string of the molecule is COc1cc(C)c(S(=O)(=O)NC(N)=NCCC[C@@H]2NC(=O)C3(CCCCC3)NC(=O)[C@@H](Cc3ccccc3)NC(=O)[C@H](CC(=O)OC(C)(C)C)NC(=O)CNC2=O)c(C)c1C. The van der Waals surface area contributed by atoms with Crippen LogP contribution in [0.3, 0.4) is 0 Å². The zero-order valence-corrected chi connectivity index (χ0v) is 36.8. The average Bonchev–Trinajstić information content (AvgIpc) is 3.18. The fourth-order valence-electron chi connectivity index (χ4n) is 7.44. The van der Waals surface area contributed by atoms with Gasteiger partial charge in [0.15, 0.2) is 0 Å². The summed E-state index contributed by atoms with van der Waals surface area (Å²) >= 11 is 0. The van der Waals surface area contributed by atoms with Crippen LogP contribution in [0.2, 0.25) is 0 Å². The standard InChI is InChI=1S/C42H60N8O10S/c1-25-21-32(59-7)26(2)27(3)35(25)61(57,58)50-40(43)44-20-14-17-29-36(53)45-24-33(51)46-31(23-34(52)60-41(4,5)6)37(54)47-30(22-28-15-10-8-11-16-28)38(55)49-42(39(56)48-29)18-12-9-13-19-42/h8,10-11,15-16,21,29-31H,9,12-14,17-20,22-24H2,1-7H3,(H,45,53)(H,46,51)(H,47,54)(H,48,56)(H,49,55)(H3,43,44,50)/t29-,30+,31-/m0/s1. The van der Waals surface area contributed by atoms with Crippen molar-refractivity contribution in [3.05, 3.63) is 58.7 Å². The van der Waals surface area contributed by atoms with Crippen LogP contribution in [0.1, 0.15) is 94.4 Å². The predicted molar refractivity (Wildman–Crippen MR) is 227 cm³/mol. The third kappa shape index (κ3) is 13.4. The summed E-state index contributed by atoms with van der Waals surface area (Å²) in [7, 11) is -2.65. The number of aliphatic imine (C=N–C) groups is 1. The highest BCUT2D eigenvalue weighted by molar-refractivity contribution is 7.90. The molecule has 1 aliphatic heterocycles. The maximum absolute atomic E-state index is 14.3. The molecule has 61 heavy (non-hydrogen) atoms. The Morgan fingerprint density at radius 3 is 2.21 bits per heavy atom. The third-order valence-electron chi connectivity index (χ3n) is 10.5. The molecule has 0 bridgehead atoms. The fraction of sp³-hybridized carbons (Fsp3) is 0.548. The molecule has 1 heterocycles. The number of guanidine groups is 1. The van der Waals surface area contributed by atoms with Gasteiger partial charge in [0.05, 0.1) is 25.0 Å². The lowest BCUT2D eigenvalue weighted by atomic mass is 9.80. The molecular weight excluding hydrogens is 809 g/mol. The number of carbonyl (C=O) groups excluding carboxylic acids is 6. The number of aryl methyl sites for hydroxylation is 1. The van der Waals surface area contributed by atoms with Crippen LogP contribution in [0.4, 0.5) is 0 Å². The van der Waals surface area contributed by atoms with Crippen molar-refractivity contribution in [2.24, 2.45) is 10.7 Å². The highest BCUT2D eigenvalue weighted by Gasteiger charge is 2.44. The Morgan fingerprint density at radius 2 is 1.57 bits per heavy atom. The van der Waals surface area contributed by atoms with E-state index in [1.165, 1.54) is 7.11 Å². The van der Waals surface area contributed by atoms with Gasteiger partial charge in [-0.05, 0) is 95.5 Å². The van der Waals surface area contributed by atoms with Gasteiger partial charge in [-0.1, -0.05) is 49.6 Å². The number of hydrogen-bond donors (Lipinski definition) is 7. The number of sulfonamides is 1. The number of amides is 5. The molecule has 19 heteroatoms. The molecule has 8 N–H and O–H groups in total. The number of esters is 1. The lowest BCUT2D eigenvalue weighted by Gasteiger charge is -2.38. The predicted octanol–water partition coefficient (Wildman–Crippen LogP) is 1.37. The maximum atomic E-state index is 14.3. The van der Waals surface area contributed by atoms with Crippen LogP contribution in [-0.2, 0) is 49.9 Å². The summed E-state index contributed by atoms with van der Waals surface area (Å²) in [5.74, 6) is -4.35. The van der Waals surface area contributed by atoms with Crippen molar-refractivity contribution < 1.29 is 46.7 Å². The van der Waals surface area contributed by atoms with Crippen LogP contribution in [0.5, 0.6) is 5.75 Å². The zero-order valence-electron chi connectivity index (χ0n) is 36.0. The minimum Gasteiger partial charge on any atom is -0.496 e. The van der Waals surface area contributed by atoms with E-state index in [-0.39, 0.29) is 43.5 Å². The van der Waals surface area contributed by atoms with Crippen LogP contribution in [0.15, 0.2) is 46.3 Å². The van der Waals surface area contributed by atoms with Crippen molar-refractivity contribution in [2.45, 2.75) is 133 Å². The molecule has 1 saturated carbocycles. The molecule has 2 aromatic carbocycles. The van der Waals surface area contributed by atoms with Crippen molar-refractivity contribution >= 4 is 51.5 Å². The second-order valence-electron chi connectivity index (χ2n) is 16.5. The van der Waals surface area contributed by atoms with Crippen molar-refractivity contribution in [3.63, 3.8) is 0 Å². The second-order valence-corrected chi connectivity index (χ2v) is 18.1. The Labute approximate surface area is 357 Å². The zero-order chi connectivity index (χ0) is 45.1. The molecule has 3 atom stereocenters. The summed E-state index contributed by atoms with van der Waals surface area (Å²) in [5.41, 5.74) is 5.94. The molecule has 2 aliphatic rings. The fourth-order valence-corrected chi connectivity index (χ4v) is 8.92. The number of nitrogens with two attached hydrogens (primary N) is 1. The van der Waals surface area contributed by atoms with Crippen LogP contribution in [0, 0.1) is 20.8 Å². The number of nitrogens with zero attached hydrogens (tertiary/aromatic N) is 1. The lowest BCUT2D eigenvalue weighted by Crippen LogP contribution is -2.65. The summed E-state index contributed by atoms with van der Waals surface area (Å²) < 4.78 is 39.8. The molecule has 1 saturated heterocycles. The maximum Gasteiger partial charge on any atom is 0.308 e. The highest BCUT2D eigenvalue weighted by Crippen LogP contribution is 2.31. The number of hydrogen-bond acceptors (Lipinski definition) is 11. The average molecular weight is 869 g/mol. The number of carbonyl (C=O) groups is 6. The van der Waals surface area contributed by atoms with Crippen LogP contribution >= 0.6 is 0 Å². The Hall–Kier alpha value is -5.72. The monoisotopic (exact) mass is 868 g/mol.